The molecule has 0 fully saturated rings. The van der Waals surface area contributed by atoms with Crippen LogP contribution in [-0.4, -0.2) is 30.0 Å². The Morgan fingerprint density at radius 2 is 1.81 bits per heavy atom. The van der Waals surface area contributed by atoms with Crippen molar-refractivity contribution in [2.24, 2.45) is 14.1 Å². The molecular weight excluding hydrogens is 408 g/mol. The molecule has 0 saturated heterocycles. The number of rotatable bonds is 3. The summed E-state index contributed by atoms with van der Waals surface area (Å²) in [6.45, 7) is 0. The van der Waals surface area contributed by atoms with E-state index in [1.165, 1.54) is 30.9 Å². The largest absolute Gasteiger partial charge is 0.338 e. The lowest BCUT2D eigenvalue weighted by molar-refractivity contribution is 0.102. The van der Waals surface area contributed by atoms with Crippen molar-refractivity contribution >= 4 is 33.7 Å². The predicted octanol–water partition coefficient (Wildman–Crippen LogP) is 2.43. The first-order valence-corrected chi connectivity index (χ1v) is 9.84. The fourth-order valence-electron chi connectivity index (χ4n) is 3.63. The van der Waals surface area contributed by atoms with Crippen LogP contribution in [0.5, 0.6) is 0 Å². The summed E-state index contributed by atoms with van der Waals surface area (Å²) in [6.07, 6.45) is 1.35. The molecule has 0 aliphatic rings. The molecule has 0 saturated carbocycles. The van der Waals surface area contributed by atoms with Crippen LogP contribution < -0.4 is 16.6 Å². The van der Waals surface area contributed by atoms with Gasteiger partial charge in [0.25, 0.3) is 11.5 Å². The maximum Gasteiger partial charge on any atom is 0.332 e. The smallest absolute Gasteiger partial charge is 0.332 e. The number of nitrogens with zero attached hydrogens (tertiary/aromatic N) is 4. The van der Waals surface area contributed by atoms with Gasteiger partial charge >= 0.3 is 5.69 Å². The standard InChI is InChI=1S/C23H18N6O3/c1-28-20-16(22(31)29(2)23(28)32)11-14(12-24-20)21(30)25-15-7-5-6-13(10-15)19-26-17-8-3-4-9-18(17)27-19/h3-12H,1-2H3,(H,25,30)(H,26,27). The van der Waals surface area contributed by atoms with Gasteiger partial charge in [-0.3, -0.25) is 18.7 Å². The minimum atomic E-state index is -0.503. The van der Waals surface area contributed by atoms with E-state index in [1.54, 1.807) is 6.07 Å². The number of aryl methyl sites for hydroxylation is 1. The highest BCUT2D eigenvalue weighted by Crippen LogP contribution is 2.23. The second kappa shape index (κ2) is 7.31. The maximum atomic E-state index is 12.8. The van der Waals surface area contributed by atoms with Gasteiger partial charge in [-0.05, 0) is 30.3 Å². The predicted molar refractivity (Wildman–Crippen MR) is 122 cm³/mol. The van der Waals surface area contributed by atoms with Gasteiger partial charge in [-0.2, -0.15) is 0 Å². The number of aromatic nitrogens is 5. The summed E-state index contributed by atoms with van der Waals surface area (Å²) in [5, 5.41) is 3.02. The van der Waals surface area contributed by atoms with E-state index in [-0.39, 0.29) is 16.6 Å². The first-order valence-electron chi connectivity index (χ1n) is 9.84. The summed E-state index contributed by atoms with van der Waals surface area (Å²) in [5.41, 5.74) is 2.63. The van der Waals surface area contributed by atoms with Crippen LogP contribution in [0.1, 0.15) is 10.4 Å². The van der Waals surface area contributed by atoms with Crippen molar-refractivity contribution in [3.05, 3.63) is 87.2 Å². The van der Waals surface area contributed by atoms with Crippen molar-refractivity contribution in [3.8, 4) is 11.4 Å². The number of fused-ring (bicyclic) bond motifs is 2. The highest BCUT2D eigenvalue weighted by Gasteiger charge is 2.14. The van der Waals surface area contributed by atoms with Crippen molar-refractivity contribution in [2.75, 3.05) is 5.32 Å². The van der Waals surface area contributed by atoms with Crippen LogP contribution in [0.2, 0.25) is 0 Å². The van der Waals surface area contributed by atoms with Crippen LogP contribution in [0.15, 0.2) is 70.4 Å². The third-order valence-corrected chi connectivity index (χ3v) is 5.34. The Balaban J connectivity index is 1.47. The summed E-state index contributed by atoms with van der Waals surface area (Å²) in [7, 11) is 2.92. The van der Waals surface area contributed by atoms with Crippen molar-refractivity contribution in [2.45, 2.75) is 0 Å². The molecule has 0 radical (unpaired) electrons. The zero-order valence-corrected chi connectivity index (χ0v) is 17.3. The second-order valence-electron chi connectivity index (χ2n) is 7.44. The van der Waals surface area contributed by atoms with E-state index >= 15 is 0 Å². The molecule has 0 spiro atoms. The molecule has 2 N–H and O–H groups in total. The van der Waals surface area contributed by atoms with Gasteiger partial charge in [-0.25, -0.2) is 14.8 Å². The molecule has 1 amide bonds. The van der Waals surface area contributed by atoms with E-state index in [9.17, 15) is 14.4 Å². The minimum absolute atomic E-state index is 0.193. The van der Waals surface area contributed by atoms with E-state index in [2.05, 4.69) is 20.3 Å². The number of H-pyrrole nitrogens is 1. The Morgan fingerprint density at radius 1 is 1.00 bits per heavy atom. The van der Waals surface area contributed by atoms with Gasteiger partial charge in [-0.15, -0.1) is 0 Å². The number of imidazole rings is 1. The van der Waals surface area contributed by atoms with Gasteiger partial charge in [0.15, 0.2) is 0 Å². The van der Waals surface area contributed by atoms with E-state index < -0.39 is 17.2 Å². The van der Waals surface area contributed by atoms with Crippen LogP contribution in [0.4, 0.5) is 5.69 Å². The number of anilines is 1. The van der Waals surface area contributed by atoms with Gasteiger partial charge in [0.2, 0.25) is 0 Å². The Kier molecular flexibility index (Phi) is 4.44. The normalized spacial score (nSPS) is 11.2. The molecule has 158 valence electrons. The Morgan fingerprint density at radius 3 is 2.62 bits per heavy atom. The van der Waals surface area contributed by atoms with E-state index in [0.29, 0.717) is 11.5 Å². The Bertz CT molecular complexity index is 1610. The first-order chi connectivity index (χ1) is 15.4. The van der Waals surface area contributed by atoms with Crippen LogP contribution in [0.3, 0.4) is 0 Å². The number of carbonyl (C=O) groups is 1. The highest BCUT2D eigenvalue weighted by atomic mass is 16.2. The average Bonchev–Trinajstić information content (AvgIpc) is 3.25. The number of nitrogens with one attached hydrogen (secondary N) is 2. The third kappa shape index (κ3) is 3.16. The molecule has 0 unspecified atom stereocenters. The number of para-hydroxylation sites is 2. The van der Waals surface area contributed by atoms with E-state index in [1.807, 2.05) is 42.5 Å². The molecular formula is C23H18N6O3. The Labute approximate surface area is 181 Å². The van der Waals surface area contributed by atoms with Gasteiger partial charge in [0, 0.05) is 31.5 Å². The van der Waals surface area contributed by atoms with Crippen LogP contribution in [0.25, 0.3) is 33.5 Å². The summed E-state index contributed by atoms with van der Waals surface area (Å²) < 4.78 is 2.26. The zero-order valence-electron chi connectivity index (χ0n) is 17.3. The lowest BCUT2D eigenvalue weighted by Crippen LogP contribution is -2.37. The Hall–Kier alpha value is -4.53. The molecule has 3 heterocycles. The number of aromatic amines is 1. The number of benzene rings is 2. The average molecular weight is 426 g/mol. The quantitative estimate of drug-likeness (QED) is 0.460. The topological polar surface area (TPSA) is 115 Å². The minimum Gasteiger partial charge on any atom is -0.338 e. The van der Waals surface area contributed by atoms with Crippen molar-refractivity contribution in [1.82, 2.24) is 24.1 Å². The molecule has 0 bridgehead atoms. The summed E-state index contributed by atoms with van der Waals surface area (Å²) in [6, 6.07) is 16.5. The summed E-state index contributed by atoms with van der Waals surface area (Å²) in [4.78, 5) is 49.4. The van der Waals surface area contributed by atoms with E-state index in [4.69, 9.17) is 0 Å². The van der Waals surface area contributed by atoms with Crippen molar-refractivity contribution in [3.63, 3.8) is 0 Å². The molecule has 32 heavy (non-hydrogen) atoms. The molecule has 0 aliphatic heterocycles. The van der Waals surface area contributed by atoms with Crippen LogP contribution in [-0.2, 0) is 14.1 Å². The third-order valence-electron chi connectivity index (χ3n) is 5.34. The van der Waals surface area contributed by atoms with E-state index in [0.717, 1.165) is 21.2 Å². The second-order valence-corrected chi connectivity index (χ2v) is 7.44. The molecule has 9 heteroatoms. The summed E-state index contributed by atoms with van der Waals surface area (Å²) in [5.74, 6) is 0.274. The monoisotopic (exact) mass is 426 g/mol. The fraction of sp³-hybridized carbons (Fsp3) is 0.0870. The maximum absolute atomic E-state index is 12.8. The van der Waals surface area contributed by atoms with Gasteiger partial charge in [0.1, 0.15) is 11.5 Å². The van der Waals surface area contributed by atoms with Gasteiger partial charge < -0.3 is 10.3 Å². The molecule has 0 atom stereocenters. The molecule has 5 rings (SSSR count). The zero-order chi connectivity index (χ0) is 22.4. The number of amides is 1. The number of hydrogen-bond acceptors (Lipinski definition) is 5. The first kappa shape index (κ1) is 19.4. The SMILES string of the molecule is Cn1c(=O)c2cc(C(=O)Nc3cccc(-c4nc5ccccc5[nH]4)c3)cnc2n(C)c1=O. The van der Waals surface area contributed by atoms with Crippen LogP contribution in [0, 0.1) is 0 Å². The lowest BCUT2D eigenvalue weighted by atomic mass is 10.1. The molecule has 5 aromatic rings. The molecule has 2 aromatic carbocycles. The van der Waals surface area contributed by atoms with Crippen molar-refractivity contribution in [1.29, 1.82) is 0 Å². The summed E-state index contributed by atoms with van der Waals surface area (Å²) >= 11 is 0. The molecule has 3 aromatic heterocycles. The number of carbonyl (C=O) groups excluding carboxylic acids is 1. The lowest BCUT2D eigenvalue weighted by Gasteiger charge is -2.09. The fourth-order valence-corrected chi connectivity index (χ4v) is 3.63. The van der Waals surface area contributed by atoms with Crippen LogP contribution >= 0.6 is 0 Å². The molecule has 9 nitrogen and oxygen atoms in total. The van der Waals surface area contributed by atoms with Crippen molar-refractivity contribution < 1.29 is 4.79 Å². The number of hydrogen-bond donors (Lipinski definition) is 2. The highest BCUT2D eigenvalue weighted by molar-refractivity contribution is 6.05. The van der Waals surface area contributed by atoms with Gasteiger partial charge in [0.05, 0.1) is 22.0 Å². The number of pyridine rings is 1. The van der Waals surface area contributed by atoms with Gasteiger partial charge in [-0.1, -0.05) is 24.3 Å². The molecule has 0 aliphatic carbocycles.